The molecule has 8 fully saturated rings. The monoisotopic (exact) mass is 620 g/mol. The molecule has 250 valence electrons. The minimum atomic E-state index is -1.28. The molecule has 9 heteroatoms. The smallest absolute Gasteiger partial charge is 0.199 e. The Balaban J connectivity index is 1.10. The predicted molar refractivity (Wildman–Crippen MR) is 159 cm³/mol. The molecule has 5 aliphatic carbocycles. The summed E-state index contributed by atoms with van der Waals surface area (Å²) in [5, 5.41) is 54.5. The molecule has 3 aliphatic heterocycles. The van der Waals surface area contributed by atoms with Gasteiger partial charge in [-0.15, -0.1) is 0 Å². The van der Waals surface area contributed by atoms with Crippen molar-refractivity contribution < 1.29 is 44.5 Å². The van der Waals surface area contributed by atoms with Gasteiger partial charge in [0.1, 0.15) is 30.5 Å². The number of fused-ring (bicyclic) bond motifs is 4. The third kappa shape index (κ3) is 3.38. The zero-order chi connectivity index (χ0) is 31.6. The van der Waals surface area contributed by atoms with Crippen LogP contribution >= 0.6 is 0 Å². The average molecular weight is 621 g/mol. The van der Waals surface area contributed by atoms with Crippen LogP contribution in [0.3, 0.4) is 0 Å². The largest absolute Gasteiger partial charge is 0.388 e. The lowest BCUT2D eigenvalue weighted by Crippen LogP contribution is -2.61. The Labute approximate surface area is 262 Å². The Bertz CT molecular complexity index is 1200. The summed E-state index contributed by atoms with van der Waals surface area (Å²) in [6, 6.07) is 0. The van der Waals surface area contributed by atoms with Gasteiger partial charge in [-0.05, 0) is 105 Å². The molecule has 8 rings (SSSR count). The number of aliphatic hydroxyl groups excluding tert-OH is 4. The number of aliphatic hydroxyl groups is 5. The second-order valence-corrected chi connectivity index (χ2v) is 18.3. The minimum Gasteiger partial charge on any atom is -0.388 e. The summed E-state index contributed by atoms with van der Waals surface area (Å²) < 4.78 is 25.8. The average Bonchev–Trinajstić information content (AvgIpc) is 3.45. The van der Waals surface area contributed by atoms with Gasteiger partial charge < -0.3 is 44.5 Å². The van der Waals surface area contributed by atoms with Crippen LogP contribution in [0.25, 0.3) is 0 Å². The topological polar surface area (TPSA) is 138 Å². The van der Waals surface area contributed by atoms with Gasteiger partial charge in [0.05, 0.1) is 24.4 Å². The molecule has 0 unspecified atom stereocenters. The van der Waals surface area contributed by atoms with Gasteiger partial charge >= 0.3 is 0 Å². The second kappa shape index (κ2) is 9.00. The van der Waals surface area contributed by atoms with Crippen LogP contribution in [0.5, 0.6) is 0 Å². The number of ether oxygens (including phenoxy) is 4. The van der Waals surface area contributed by atoms with E-state index in [4.69, 9.17) is 18.9 Å². The van der Waals surface area contributed by atoms with E-state index in [-0.39, 0.29) is 51.8 Å². The van der Waals surface area contributed by atoms with Gasteiger partial charge in [-0.2, -0.15) is 0 Å². The van der Waals surface area contributed by atoms with Crippen molar-refractivity contribution in [2.45, 2.75) is 160 Å². The summed E-state index contributed by atoms with van der Waals surface area (Å²) in [5.74, 6) is 0.108. The fraction of sp³-hybridized carbons (Fsp3) is 1.00. The van der Waals surface area contributed by atoms with E-state index in [1.165, 1.54) is 6.42 Å². The Morgan fingerprint density at radius 1 is 0.841 bits per heavy atom. The first kappa shape index (κ1) is 30.9. The predicted octanol–water partition coefficient (Wildman–Crippen LogP) is 3.12. The highest BCUT2D eigenvalue weighted by Gasteiger charge is 2.88. The second-order valence-electron chi connectivity index (χ2n) is 18.3. The van der Waals surface area contributed by atoms with Crippen LogP contribution in [0.2, 0.25) is 0 Å². The molecular formula is C35H56O9. The Hall–Kier alpha value is -0.360. The summed E-state index contributed by atoms with van der Waals surface area (Å²) in [7, 11) is 0. The van der Waals surface area contributed by atoms with Crippen molar-refractivity contribution >= 4 is 0 Å². The van der Waals surface area contributed by atoms with Gasteiger partial charge in [0.2, 0.25) is 0 Å². The lowest BCUT2D eigenvalue weighted by atomic mass is 9.41. The fourth-order valence-corrected chi connectivity index (χ4v) is 14.0. The van der Waals surface area contributed by atoms with Crippen LogP contribution in [-0.2, 0) is 18.9 Å². The molecule has 0 aromatic rings. The first-order valence-corrected chi connectivity index (χ1v) is 17.5. The van der Waals surface area contributed by atoms with Crippen molar-refractivity contribution in [1.29, 1.82) is 0 Å². The first-order chi connectivity index (χ1) is 20.4. The van der Waals surface area contributed by atoms with Crippen molar-refractivity contribution in [3.05, 3.63) is 0 Å². The number of rotatable bonds is 3. The maximum Gasteiger partial charge on any atom is 0.199 e. The van der Waals surface area contributed by atoms with Gasteiger partial charge in [-0.1, -0.05) is 34.6 Å². The van der Waals surface area contributed by atoms with Crippen molar-refractivity contribution in [2.75, 3.05) is 6.61 Å². The molecule has 3 spiro atoms. The van der Waals surface area contributed by atoms with Gasteiger partial charge in [-0.25, -0.2) is 0 Å². The van der Waals surface area contributed by atoms with E-state index in [0.717, 1.165) is 44.9 Å². The zero-order valence-corrected chi connectivity index (χ0v) is 27.7. The van der Waals surface area contributed by atoms with Crippen LogP contribution in [0.1, 0.15) is 99.8 Å². The highest BCUT2D eigenvalue weighted by Crippen LogP contribution is 2.90. The molecule has 0 aromatic heterocycles. The Morgan fingerprint density at radius 3 is 2.23 bits per heavy atom. The van der Waals surface area contributed by atoms with E-state index in [2.05, 4.69) is 34.6 Å². The van der Waals surface area contributed by atoms with E-state index in [9.17, 15) is 25.5 Å². The summed E-state index contributed by atoms with van der Waals surface area (Å²) in [5.41, 5.74) is -1.39. The van der Waals surface area contributed by atoms with Crippen LogP contribution < -0.4 is 0 Å². The molecule has 44 heavy (non-hydrogen) atoms. The normalized spacial score (nSPS) is 62.2. The molecule has 0 aromatic carbocycles. The van der Waals surface area contributed by atoms with Gasteiger partial charge in [-0.3, -0.25) is 0 Å². The molecule has 5 saturated carbocycles. The lowest BCUT2D eigenvalue weighted by molar-refractivity contribution is -0.303. The SMILES string of the molecule is C[C@@H]1C[C@H]2O[C@]3(O[C@@H]2C(C)(C)O)[C@H](O)[C@@]2(C)[C@@H]4CC[C@H]5C(C)(C)[C@@H](O[C@@H]6OC[C@@H](O)[C@H](O)[C@H]6O)CC[C@@]56C[C@@]46CC[C@]2(C)[C@@H]13. The molecule has 5 N–H and O–H groups in total. The van der Waals surface area contributed by atoms with Crippen molar-refractivity contribution in [2.24, 2.45) is 50.7 Å². The quantitative estimate of drug-likeness (QED) is 0.301. The van der Waals surface area contributed by atoms with E-state index in [1.54, 1.807) is 13.8 Å². The van der Waals surface area contributed by atoms with Gasteiger partial charge in [0, 0.05) is 11.3 Å². The lowest BCUT2D eigenvalue weighted by Gasteiger charge is -2.63. The van der Waals surface area contributed by atoms with Crippen LogP contribution in [-0.4, -0.2) is 92.5 Å². The maximum atomic E-state index is 12.7. The van der Waals surface area contributed by atoms with E-state index in [0.29, 0.717) is 17.8 Å². The Kier molecular flexibility index (Phi) is 6.33. The molecule has 17 atom stereocenters. The molecular weight excluding hydrogens is 564 g/mol. The first-order valence-electron chi connectivity index (χ1n) is 17.5. The molecule has 0 radical (unpaired) electrons. The highest BCUT2D eigenvalue weighted by molar-refractivity contribution is 5.34. The van der Waals surface area contributed by atoms with Crippen molar-refractivity contribution in [3.8, 4) is 0 Å². The molecule has 9 nitrogen and oxygen atoms in total. The van der Waals surface area contributed by atoms with Crippen LogP contribution in [0.15, 0.2) is 0 Å². The third-order valence-electron chi connectivity index (χ3n) is 15.9. The summed E-state index contributed by atoms with van der Waals surface area (Å²) in [4.78, 5) is 0. The zero-order valence-electron chi connectivity index (χ0n) is 27.7. The molecule has 2 bridgehead atoms. The van der Waals surface area contributed by atoms with Crippen LogP contribution in [0, 0.1) is 50.7 Å². The summed E-state index contributed by atoms with van der Waals surface area (Å²) >= 11 is 0. The highest BCUT2D eigenvalue weighted by atomic mass is 16.8. The third-order valence-corrected chi connectivity index (χ3v) is 15.9. The van der Waals surface area contributed by atoms with E-state index in [1.807, 2.05) is 0 Å². The van der Waals surface area contributed by atoms with Gasteiger partial charge in [0.15, 0.2) is 12.1 Å². The molecule has 3 heterocycles. The summed E-state index contributed by atoms with van der Waals surface area (Å²) in [6.07, 6.45) is 2.00. The van der Waals surface area contributed by atoms with Crippen molar-refractivity contribution in [1.82, 2.24) is 0 Å². The van der Waals surface area contributed by atoms with E-state index >= 15 is 0 Å². The van der Waals surface area contributed by atoms with Crippen LogP contribution in [0.4, 0.5) is 0 Å². The molecule has 3 saturated heterocycles. The van der Waals surface area contributed by atoms with E-state index < -0.39 is 48.2 Å². The molecule has 8 aliphatic rings. The number of hydrogen-bond donors (Lipinski definition) is 5. The number of hydrogen-bond acceptors (Lipinski definition) is 9. The van der Waals surface area contributed by atoms with Crippen molar-refractivity contribution in [3.63, 3.8) is 0 Å². The fourth-order valence-electron chi connectivity index (χ4n) is 14.0. The molecule has 0 amide bonds. The Morgan fingerprint density at radius 2 is 1.52 bits per heavy atom. The maximum absolute atomic E-state index is 12.7. The standard InChI is InChI=1S/C35H56O9/c1-17-14-19-26(30(4,5)40)44-35(43-19)25(17)31(6)12-13-34-16-33(34)11-10-22(42-27-24(38)23(37)18(36)15-41-27)29(2,3)20(33)8-9-21(34)32(31,7)28(35)39/h17-28,36-40H,8-16H2,1-7H3/t17-,18-,19-,20+,21+,22+,23+,24-,25-,26+,27+,28-,31-,32-,33-,34+,35-/m1/s1. The van der Waals surface area contributed by atoms with Gasteiger partial charge in [0.25, 0.3) is 0 Å². The minimum absolute atomic E-state index is 0.0559. The summed E-state index contributed by atoms with van der Waals surface area (Å²) in [6.45, 7) is 15.2.